The van der Waals surface area contributed by atoms with Crippen molar-refractivity contribution in [1.29, 1.82) is 0 Å². The monoisotopic (exact) mass is 313 g/mol. The summed E-state index contributed by atoms with van der Waals surface area (Å²) < 4.78 is 23.3. The molecule has 2 heterocycles. The van der Waals surface area contributed by atoms with Crippen molar-refractivity contribution in [3.8, 4) is 0 Å². The predicted octanol–water partition coefficient (Wildman–Crippen LogP) is 1.82. The summed E-state index contributed by atoms with van der Waals surface area (Å²) in [5.41, 5.74) is -0.351. The largest absolute Gasteiger partial charge is 0.338 e. The van der Waals surface area contributed by atoms with Gasteiger partial charge >= 0.3 is 0 Å². The second-order valence-electron chi connectivity index (χ2n) is 5.71. The molecule has 1 unspecified atom stereocenters. The van der Waals surface area contributed by atoms with E-state index in [1.807, 2.05) is 24.4 Å². The number of nitrogens with zero attached hydrogens (tertiary/aromatic N) is 1. The number of amides is 1. The van der Waals surface area contributed by atoms with Crippen LogP contribution in [-0.4, -0.2) is 43.3 Å². The van der Waals surface area contributed by atoms with Gasteiger partial charge in [0.15, 0.2) is 9.84 Å². The van der Waals surface area contributed by atoms with Crippen molar-refractivity contribution in [1.82, 2.24) is 4.90 Å². The lowest BCUT2D eigenvalue weighted by Gasteiger charge is -2.30. The molecule has 1 aromatic rings. The quantitative estimate of drug-likeness (QED) is 0.852. The lowest BCUT2D eigenvalue weighted by atomic mass is 10.0. The Morgan fingerprint density at radius 2 is 2.25 bits per heavy atom. The number of hydrogen-bond donors (Lipinski definition) is 0. The van der Waals surface area contributed by atoms with Crippen LogP contribution < -0.4 is 0 Å². The number of rotatable bonds is 4. The Balaban J connectivity index is 1.82. The SMILES string of the molecule is CCN(C(=O)C1(c2cccs2)CC1)C1CCS(=O)(=O)C1. The van der Waals surface area contributed by atoms with Crippen LogP contribution in [0.5, 0.6) is 0 Å². The van der Waals surface area contributed by atoms with Crippen molar-refractivity contribution in [3.63, 3.8) is 0 Å². The predicted molar refractivity (Wildman–Crippen MR) is 79.7 cm³/mol. The fourth-order valence-corrected chi connectivity index (χ4v) is 5.81. The third kappa shape index (κ3) is 2.29. The van der Waals surface area contributed by atoms with Crippen molar-refractivity contribution >= 4 is 27.1 Å². The molecule has 4 nitrogen and oxygen atoms in total. The molecule has 0 spiro atoms. The highest BCUT2D eigenvalue weighted by Crippen LogP contribution is 2.51. The molecule has 1 saturated heterocycles. The molecule has 1 amide bonds. The Morgan fingerprint density at radius 1 is 1.50 bits per heavy atom. The lowest BCUT2D eigenvalue weighted by molar-refractivity contribution is -0.135. The smallest absolute Gasteiger partial charge is 0.234 e. The minimum absolute atomic E-state index is 0.129. The molecule has 1 aliphatic heterocycles. The molecular weight excluding hydrogens is 294 g/mol. The summed E-state index contributed by atoms with van der Waals surface area (Å²) in [5, 5.41) is 2.00. The third-order valence-corrected chi connectivity index (χ3v) is 7.23. The highest BCUT2D eigenvalue weighted by molar-refractivity contribution is 7.91. The van der Waals surface area contributed by atoms with E-state index >= 15 is 0 Å². The van der Waals surface area contributed by atoms with Gasteiger partial charge in [-0.3, -0.25) is 4.79 Å². The number of thiophene rings is 1. The molecule has 0 bridgehead atoms. The molecule has 1 aromatic heterocycles. The standard InChI is InChI=1S/C14H19NO3S2/c1-2-15(11-5-9-20(17,18)10-11)13(16)14(6-7-14)12-4-3-8-19-12/h3-4,8,11H,2,5-7,9-10H2,1H3. The van der Waals surface area contributed by atoms with Gasteiger partial charge in [0.2, 0.25) is 5.91 Å². The van der Waals surface area contributed by atoms with Crippen molar-refractivity contribution in [2.24, 2.45) is 0 Å². The molecule has 0 aromatic carbocycles. The van der Waals surface area contributed by atoms with Crippen LogP contribution in [0.25, 0.3) is 0 Å². The average Bonchev–Trinajstić information content (AvgIpc) is 2.86. The minimum Gasteiger partial charge on any atom is -0.338 e. The summed E-state index contributed by atoms with van der Waals surface area (Å²) in [6, 6.07) is 3.87. The van der Waals surface area contributed by atoms with Gasteiger partial charge in [0.25, 0.3) is 0 Å². The highest BCUT2D eigenvalue weighted by Gasteiger charge is 2.54. The summed E-state index contributed by atoms with van der Waals surface area (Å²) >= 11 is 1.63. The molecule has 0 N–H and O–H groups in total. The molecule has 1 aliphatic carbocycles. The Hall–Kier alpha value is -0.880. The van der Waals surface area contributed by atoms with E-state index in [1.54, 1.807) is 16.2 Å². The van der Waals surface area contributed by atoms with E-state index in [9.17, 15) is 13.2 Å². The first kappa shape index (κ1) is 14.1. The van der Waals surface area contributed by atoms with E-state index in [0.717, 1.165) is 17.7 Å². The molecule has 110 valence electrons. The Kier molecular flexibility index (Phi) is 3.41. The molecule has 1 atom stereocenters. The lowest BCUT2D eigenvalue weighted by Crippen LogP contribution is -2.46. The van der Waals surface area contributed by atoms with Gasteiger partial charge in [0.1, 0.15) is 0 Å². The summed E-state index contributed by atoms with van der Waals surface area (Å²) in [5.74, 6) is 0.477. The van der Waals surface area contributed by atoms with Gasteiger partial charge in [-0.1, -0.05) is 6.07 Å². The van der Waals surface area contributed by atoms with E-state index in [0.29, 0.717) is 13.0 Å². The van der Waals surface area contributed by atoms with E-state index in [4.69, 9.17) is 0 Å². The number of carbonyl (C=O) groups excluding carboxylic acids is 1. The molecule has 2 fully saturated rings. The molecule has 0 radical (unpaired) electrons. The number of likely N-dealkylation sites (N-methyl/N-ethyl adjacent to an activating group) is 1. The fraction of sp³-hybridized carbons (Fsp3) is 0.643. The molecule has 3 rings (SSSR count). The zero-order valence-electron chi connectivity index (χ0n) is 11.5. The van der Waals surface area contributed by atoms with Crippen LogP contribution in [0, 0.1) is 0 Å². The number of sulfone groups is 1. The maximum absolute atomic E-state index is 12.9. The van der Waals surface area contributed by atoms with Gasteiger partial charge in [0.05, 0.1) is 16.9 Å². The Morgan fingerprint density at radius 3 is 2.70 bits per heavy atom. The van der Waals surface area contributed by atoms with Crippen LogP contribution in [0.15, 0.2) is 17.5 Å². The first-order valence-electron chi connectivity index (χ1n) is 7.04. The zero-order chi connectivity index (χ0) is 14.4. The Labute approximate surface area is 123 Å². The Bertz CT molecular complexity index is 602. The zero-order valence-corrected chi connectivity index (χ0v) is 13.2. The molecule has 1 saturated carbocycles. The van der Waals surface area contributed by atoms with Gasteiger partial charge in [-0.15, -0.1) is 11.3 Å². The molecule has 2 aliphatic rings. The topological polar surface area (TPSA) is 54.5 Å². The maximum atomic E-state index is 12.9. The number of hydrogen-bond acceptors (Lipinski definition) is 4. The summed E-state index contributed by atoms with van der Waals surface area (Å²) in [4.78, 5) is 15.8. The van der Waals surface area contributed by atoms with Gasteiger partial charge in [-0.05, 0) is 37.6 Å². The van der Waals surface area contributed by atoms with Crippen LogP contribution in [0.1, 0.15) is 31.1 Å². The van der Waals surface area contributed by atoms with Gasteiger partial charge < -0.3 is 4.90 Å². The van der Waals surface area contributed by atoms with Crippen LogP contribution in [0.2, 0.25) is 0 Å². The molecule has 20 heavy (non-hydrogen) atoms. The van der Waals surface area contributed by atoms with Crippen LogP contribution in [0.4, 0.5) is 0 Å². The average molecular weight is 313 g/mol. The van der Waals surface area contributed by atoms with Crippen LogP contribution >= 0.6 is 11.3 Å². The third-order valence-electron chi connectivity index (χ3n) is 4.40. The fourth-order valence-electron chi connectivity index (χ4n) is 3.11. The van der Waals surface area contributed by atoms with E-state index < -0.39 is 9.84 Å². The van der Waals surface area contributed by atoms with Crippen molar-refractivity contribution in [2.75, 3.05) is 18.1 Å². The van der Waals surface area contributed by atoms with E-state index in [2.05, 4.69) is 0 Å². The minimum atomic E-state index is -2.95. The first-order valence-corrected chi connectivity index (χ1v) is 9.74. The second-order valence-corrected chi connectivity index (χ2v) is 8.88. The molecular formula is C14H19NO3S2. The molecule has 6 heteroatoms. The van der Waals surface area contributed by atoms with Crippen molar-refractivity contribution < 1.29 is 13.2 Å². The van der Waals surface area contributed by atoms with Crippen LogP contribution in [-0.2, 0) is 20.0 Å². The van der Waals surface area contributed by atoms with Crippen molar-refractivity contribution in [2.45, 2.75) is 37.6 Å². The van der Waals surface area contributed by atoms with Gasteiger partial charge in [0, 0.05) is 17.5 Å². The normalized spacial score (nSPS) is 26.4. The van der Waals surface area contributed by atoms with Gasteiger partial charge in [-0.2, -0.15) is 0 Å². The van der Waals surface area contributed by atoms with Gasteiger partial charge in [-0.25, -0.2) is 8.42 Å². The highest BCUT2D eigenvalue weighted by atomic mass is 32.2. The van der Waals surface area contributed by atoms with E-state index in [-0.39, 0.29) is 28.9 Å². The summed E-state index contributed by atoms with van der Waals surface area (Å²) in [6.45, 7) is 2.53. The first-order chi connectivity index (χ1) is 9.48. The summed E-state index contributed by atoms with van der Waals surface area (Å²) in [7, 11) is -2.95. The summed E-state index contributed by atoms with van der Waals surface area (Å²) in [6.07, 6.45) is 2.37. The van der Waals surface area contributed by atoms with Crippen LogP contribution in [0.3, 0.4) is 0 Å². The van der Waals surface area contributed by atoms with E-state index in [1.165, 1.54) is 0 Å². The maximum Gasteiger partial charge on any atom is 0.234 e. The van der Waals surface area contributed by atoms with Crippen molar-refractivity contribution in [3.05, 3.63) is 22.4 Å². The second kappa shape index (κ2) is 4.84. The number of carbonyl (C=O) groups is 1.